The molecule has 4 aromatic carbocycles. The molecule has 0 spiro atoms. The predicted octanol–water partition coefficient (Wildman–Crippen LogP) is 8.98. The van der Waals surface area contributed by atoms with Crippen molar-refractivity contribution >= 4 is 32.3 Å². The van der Waals surface area contributed by atoms with E-state index in [1.54, 1.807) is 0 Å². The molecule has 0 amide bonds. The van der Waals surface area contributed by atoms with E-state index in [1.807, 2.05) is 39.8 Å². The summed E-state index contributed by atoms with van der Waals surface area (Å²) in [5.74, 6) is 2.31. The summed E-state index contributed by atoms with van der Waals surface area (Å²) in [6.45, 7) is 17.3. The fourth-order valence-corrected chi connectivity index (χ4v) is 6.07. The van der Waals surface area contributed by atoms with Crippen LogP contribution < -0.4 is 0 Å². The van der Waals surface area contributed by atoms with Gasteiger partial charge in [-0.15, -0.1) is 0 Å². The maximum absolute atomic E-state index is 4.89. The Kier molecular flexibility index (Phi) is 5.68. The van der Waals surface area contributed by atoms with Crippen molar-refractivity contribution < 1.29 is 0 Å². The number of hydrogen-bond acceptors (Lipinski definition) is 4. The fraction of sp³-hybridized carbons (Fsp3) is 0.294. The van der Waals surface area contributed by atoms with E-state index < -0.39 is 0 Å². The molecule has 0 N–H and O–H groups in total. The lowest BCUT2D eigenvalue weighted by atomic mass is 9.82. The van der Waals surface area contributed by atoms with Crippen LogP contribution in [0.5, 0.6) is 0 Å². The summed E-state index contributed by atoms with van der Waals surface area (Å²) < 4.78 is 0. The summed E-state index contributed by atoms with van der Waals surface area (Å²) in [5, 5.41) is 7.57. The van der Waals surface area contributed by atoms with Crippen LogP contribution in [0.15, 0.2) is 48.5 Å². The lowest BCUT2D eigenvalue weighted by Crippen LogP contribution is -2.02. The molecule has 0 aliphatic rings. The number of benzene rings is 4. The monoisotopic (exact) mass is 498 g/mol. The molecule has 2 heterocycles. The van der Waals surface area contributed by atoms with E-state index in [9.17, 15) is 0 Å². The summed E-state index contributed by atoms with van der Waals surface area (Å²) in [6.07, 6.45) is 0. The first-order valence-corrected chi connectivity index (χ1v) is 13.6. The minimum Gasteiger partial charge on any atom is -0.233 e. The Balaban J connectivity index is 1.83. The Morgan fingerprint density at radius 2 is 0.763 bits per heavy atom. The third kappa shape index (κ3) is 3.82. The van der Waals surface area contributed by atoms with Crippen LogP contribution in [0.1, 0.15) is 73.4 Å². The van der Waals surface area contributed by atoms with Crippen LogP contribution in [0, 0.1) is 27.7 Å². The molecule has 0 bridgehead atoms. The molecule has 0 fully saturated rings. The zero-order valence-electron chi connectivity index (χ0n) is 23.6. The van der Waals surface area contributed by atoms with Gasteiger partial charge in [-0.3, -0.25) is 0 Å². The van der Waals surface area contributed by atoms with E-state index >= 15 is 0 Å². The number of hydrogen-bond donors (Lipinski definition) is 0. The van der Waals surface area contributed by atoms with Crippen molar-refractivity contribution in [2.24, 2.45) is 0 Å². The molecule has 0 saturated carbocycles. The normalized spacial score (nSPS) is 12.2. The van der Waals surface area contributed by atoms with Crippen molar-refractivity contribution in [1.82, 2.24) is 19.9 Å². The number of aromatic nitrogens is 4. The molecule has 4 heteroatoms. The Bertz CT molecular complexity index is 1690. The third-order valence-corrected chi connectivity index (χ3v) is 7.65. The van der Waals surface area contributed by atoms with Gasteiger partial charge in [-0.05, 0) is 107 Å². The second-order valence-corrected chi connectivity index (χ2v) is 11.4. The summed E-state index contributed by atoms with van der Waals surface area (Å²) in [6, 6.07) is 17.9. The quantitative estimate of drug-likeness (QED) is 0.228. The average molecular weight is 499 g/mol. The lowest BCUT2D eigenvalue weighted by molar-refractivity contribution is 0.875. The average Bonchev–Trinajstić information content (AvgIpc) is 2.85. The van der Waals surface area contributed by atoms with Crippen molar-refractivity contribution in [3.05, 3.63) is 82.4 Å². The smallest absolute Gasteiger partial charge is 0.160 e. The van der Waals surface area contributed by atoms with Crippen molar-refractivity contribution in [3.63, 3.8) is 0 Å². The molecule has 4 nitrogen and oxygen atoms in total. The Morgan fingerprint density at radius 3 is 1.08 bits per heavy atom. The van der Waals surface area contributed by atoms with Gasteiger partial charge in [-0.2, -0.15) is 0 Å². The van der Waals surface area contributed by atoms with Gasteiger partial charge < -0.3 is 0 Å². The lowest BCUT2D eigenvalue weighted by Gasteiger charge is -2.22. The molecule has 0 radical (unpaired) electrons. The summed E-state index contributed by atoms with van der Waals surface area (Å²) >= 11 is 0. The second kappa shape index (κ2) is 8.83. The molecule has 0 unspecified atom stereocenters. The van der Waals surface area contributed by atoms with Crippen LogP contribution in [-0.4, -0.2) is 19.9 Å². The maximum Gasteiger partial charge on any atom is 0.160 e. The van der Waals surface area contributed by atoms with Gasteiger partial charge in [0.25, 0.3) is 0 Å². The van der Waals surface area contributed by atoms with E-state index in [0.717, 1.165) is 45.6 Å². The van der Waals surface area contributed by atoms with Gasteiger partial charge in [0.2, 0.25) is 0 Å². The van der Waals surface area contributed by atoms with E-state index in [2.05, 4.69) is 64.1 Å². The van der Waals surface area contributed by atoms with Gasteiger partial charge in [0.15, 0.2) is 11.6 Å². The fourth-order valence-electron chi connectivity index (χ4n) is 6.07. The Labute approximate surface area is 224 Å². The number of aryl methyl sites for hydroxylation is 4. The van der Waals surface area contributed by atoms with Gasteiger partial charge in [-0.1, -0.05) is 52.0 Å². The molecule has 190 valence electrons. The Hall–Kier alpha value is -3.92. The van der Waals surface area contributed by atoms with Gasteiger partial charge in [0.1, 0.15) is 0 Å². The van der Waals surface area contributed by atoms with Gasteiger partial charge in [-0.25, -0.2) is 19.9 Å². The van der Waals surface area contributed by atoms with Gasteiger partial charge in [0, 0.05) is 33.9 Å². The number of rotatable bonds is 4. The first-order valence-electron chi connectivity index (χ1n) is 13.6. The molecule has 6 rings (SSSR count). The van der Waals surface area contributed by atoms with Gasteiger partial charge in [0.05, 0.1) is 0 Å². The van der Waals surface area contributed by atoms with Crippen LogP contribution >= 0.6 is 0 Å². The molecule has 6 aromatic rings. The van der Waals surface area contributed by atoms with E-state index in [-0.39, 0.29) is 0 Å². The summed E-state index contributed by atoms with van der Waals surface area (Å²) in [7, 11) is 0. The molecule has 2 aromatic heterocycles. The maximum atomic E-state index is 4.89. The van der Waals surface area contributed by atoms with E-state index in [0.29, 0.717) is 11.8 Å². The zero-order chi connectivity index (χ0) is 26.9. The molecular weight excluding hydrogens is 464 g/mol. The first kappa shape index (κ1) is 24.4. The van der Waals surface area contributed by atoms with Gasteiger partial charge >= 0.3 is 0 Å². The summed E-state index contributed by atoms with van der Waals surface area (Å²) in [5.41, 5.74) is 8.79. The topological polar surface area (TPSA) is 51.6 Å². The van der Waals surface area contributed by atoms with E-state index in [1.165, 1.54) is 43.4 Å². The van der Waals surface area contributed by atoms with Crippen molar-refractivity contribution in [1.29, 1.82) is 0 Å². The second-order valence-electron chi connectivity index (χ2n) is 11.4. The van der Waals surface area contributed by atoms with Crippen LogP contribution in [0.25, 0.3) is 55.1 Å². The van der Waals surface area contributed by atoms with Crippen molar-refractivity contribution in [3.8, 4) is 22.8 Å². The zero-order valence-corrected chi connectivity index (χ0v) is 23.6. The SMILES string of the molecule is Cc1cc(C)nc(-c2cc(C(C)C)c3ccc4c(-c5nc(C)cc(C)n5)cc(C(C)C)c5ccc2c3c45)n1. The standard InChI is InChI=1S/C34H34N4/c1-17(2)27-15-29(33-35-19(5)13-20(6)36-33)25-12-10-24-28(18(3)4)16-30(34-37-21(7)14-22(8)38-34)26-11-9-23(27)31(25)32(24)26/h9-18H,1-8H3. The minimum atomic E-state index is 0.357. The molecular formula is C34H34N4. The highest BCUT2D eigenvalue weighted by Crippen LogP contribution is 2.46. The summed E-state index contributed by atoms with van der Waals surface area (Å²) in [4.78, 5) is 19.5. The highest BCUT2D eigenvalue weighted by atomic mass is 14.9. The first-order chi connectivity index (χ1) is 18.1. The molecule has 0 saturated heterocycles. The molecule has 0 atom stereocenters. The molecule has 0 aliphatic heterocycles. The highest BCUT2D eigenvalue weighted by molar-refractivity contribution is 6.28. The van der Waals surface area contributed by atoms with E-state index in [4.69, 9.17) is 19.9 Å². The predicted molar refractivity (Wildman–Crippen MR) is 159 cm³/mol. The van der Waals surface area contributed by atoms with Crippen LogP contribution in [0.2, 0.25) is 0 Å². The van der Waals surface area contributed by atoms with Crippen LogP contribution in [0.3, 0.4) is 0 Å². The van der Waals surface area contributed by atoms with Crippen LogP contribution in [0.4, 0.5) is 0 Å². The van der Waals surface area contributed by atoms with Crippen molar-refractivity contribution in [2.75, 3.05) is 0 Å². The van der Waals surface area contributed by atoms with Crippen LogP contribution in [-0.2, 0) is 0 Å². The van der Waals surface area contributed by atoms with Crippen molar-refractivity contribution in [2.45, 2.75) is 67.2 Å². The Morgan fingerprint density at radius 1 is 0.447 bits per heavy atom. The number of nitrogens with zero attached hydrogens (tertiary/aromatic N) is 4. The molecule has 38 heavy (non-hydrogen) atoms. The minimum absolute atomic E-state index is 0.357. The third-order valence-electron chi connectivity index (χ3n) is 7.65. The largest absolute Gasteiger partial charge is 0.233 e. The molecule has 0 aliphatic carbocycles. The highest BCUT2D eigenvalue weighted by Gasteiger charge is 2.22.